The normalized spacial score (nSPS) is 16.1. The van der Waals surface area contributed by atoms with E-state index in [9.17, 15) is 0 Å². The van der Waals surface area contributed by atoms with Crippen LogP contribution in [0.3, 0.4) is 0 Å². The van der Waals surface area contributed by atoms with Gasteiger partial charge in [0, 0.05) is 31.7 Å². The van der Waals surface area contributed by atoms with E-state index in [0.29, 0.717) is 12.1 Å². The van der Waals surface area contributed by atoms with Crippen molar-refractivity contribution in [2.75, 3.05) is 46.0 Å². The summed E-state index contributed by atoms with van der Waals surface area (Å²) < 4.78 is 11.3. The van der Waals surface area contributed by atoms with Crippen LogP contribution in [0.5, 0.6) is 5.75 Å². The van der Waals surface area contributed by atoms with Crippen LogP contribution in [0.25, 0.3) is 0 Å². The minimum Gasteiger partial charge on any atom is -0.492 e. The lowest BCUT2D eigenvalue weighted by atomic mass is 10.1. The molecule has 0 atom stereocenters. The van der Waals surface area contributed by atoms with Crippen LogP contribution < -0.4 is 4.74 Å². The van der Waals surface area contributed by atoms with E-state index < -0.39 is 0 Å². The highest BCUT2D eigenvalue weighted by Gasteiger charge is 2.13. The molecule has 4 nitrogen and oxygen atoms in total. The molecule has 0 unspecified atom stereocenters. The van der Waals surface area contributed by atoms with Crippen LogP contribution >= 0.6 is 0 Å². The third-order valence-corrected chi connectivity index (χ3v) is 4.91. The Hall–Kier alpha value is -1.10. The third-order valence-electron chi connectivity index (χ3n) is 4.91. The van der Waals surface area contributed by atoms with Crippen molar-refractivity contribution in [1.82, 2.24) is 9.80 Å². The molecule has 1 heterocycles. The fourth-order valence-corrected chi connectivity index (χ4v) is 3.47. The number of hydrogen-bond acceptors (Lipinski definition) is 4. The molecular formula is C21H36N2O2. The van der Waals surface area contributed by atoms with Crippen LogP contribution in [-0.2, 0) is 11.2 Å². The molecule has 1 aliphatic heterocycles. The number of rotatable bonds is 10. The molecule has 0 spiro atoms. The average Bonchev–Trinajstić information content (AvgIpc) is 2.60. The number of nitrogens with zero attached hydrogens (tertiary/aromatic N) is 2. The summed E-state index contributed by atoms with van der Waals surface area (Å²) in [4.78, 5) is 4.95. The van der Waals surface area contributed by atoms with E-state index in [-0.39, 0.29) is 0 Å². The smallest absolute Gasteiger partial charge is 0.119 e. The van der Waals surface area contributed by atoms with Crippen LogP contribution in [0.15, 0.2) is 24.3 Å². The molecule has 0 aliphatic carbocycles. The van der Waals surface area contributed by atoms with Gasteiger partial charge in [-0.15, -0.1) is 0 Å². The number of ether oxygens (including phenoxy) is 2. The number of hydrogen-bond donors (Lipinski definition) is 0. The van der Waals surface area contributed by atoms with Gasteiger partial charge in [-0.1, -0.05) is 12.1 Å². The second-order valence-corrected chi connectivity index (χ2v) is 7.48. The molecule has 1 saturated heterocycles. The summed E-state index contributed by atoms with van der Waals surface area (Å²) in [7, 11) is 0. The standard InChI is InChI=1S/C21H36N2O2/c1-18(2)23(19(3)4)14-17-25-21-9-7-20(8-10-21)6-5-11-22-12-15-24-16-13-22/h7-10,18-19H,5-6,11-17H2,1-4H3. The summed E-state index contributed by atoms with van der Waals surface area (Å²) in [6.07, 6.45) is 2.34. The predicted octanol–water partition coefficient (Wildman–Crippen LogP) is 3.45. The van der Waals surface area contributed by atoms with E-state index in [1.54, 1.807) is 0 Å². The highest BCUT2D eigenvalue weighted by molar-refractivity contribution is 5.27. The predicted molar refractivity (Wildman–Crippen MR) is 104 cm³/mol. The van der Waals surface area contributed by atoms with Crippen LogP contribution in [0.2, 0.25) is 0 Å². The molecule has 0 saturated carbocycles. The second-order valence-electron chi connectivity index (χ2n) is 7.48. The van der Waals surface area contributed by atoms with Gasteiger partial charge in [-0.2, -0.15) is 0 Å². The first-order valence-electron chi connectivity index (χ1n) is 9.84. The van der Waals surface area contributed by atoms with Crippen molar-refractivity contribution >= 4 is 0 Å². The van der Waals surface area contributed by atoms with Gasteiger partial charge in [0.25, 0.3) is 0 Å². The molecule has 1 fully saturated rings. The largest absolute Gasteiger partial charge is 0.492 e. The van der Waals surface area contributed by atoms with Crippen molar-refractivity contribution in [3.63, 3.8) is 0 Å². The van der Waals surface area contributed by atoms with E-state index in [2.05, 4.69) is 61.8 Å². The lowest BCUT2D eigenvalue weighted by Gasteiger charge is -2.30. The van der Waals surface area contributed by atoms with Gasteiger partial charge in [0.2, 0.25) is 0 Å². The van der Waals surface area contributed by atoms with Crippen molar-refractivity contribution < 1.29 is 9.47 Å². The Morgan fingerprint density at radius 3 is 2.28 bits per heavy atom. The van der Waals surface area contributed by atoms with Crippen LogP contribution in [-0.4, -0.2) is 67.9 Å². The van der Waals surface area contributed by atoms with E-state index >= 15 is 0 Å². The minimum absolute atomic E-state index is 0.553. The van der Waals surface area contributed by atoms with Gasteiger partial charge in [0.15, 0.2) is 0 Å². The molecule has 0 amide bonds. The molecule has 2 rings (SSSR count). The zero-order valence-corrected chi connectivity index (χ0v) is 16.5. The van der Waals surface area contributed by atoms with Crippen LogP contribution in [0, 0.1) is 0 Å². The van der Waals surface area contributed by atoms with E-state index in [4.69, 9.17) is 9.47 Å². The summed E-state index contributed by atoms with van der Waals surface area (Å²) >= 11 is 0. The molecule has 1 aromatic rings. The van der Waals surface area contributed by atoms with Gasteiger partial charge in [-0.3, -0.25) is 9.80 Å². The molecule has 25 heavy (non-hydrogen) atoms. The molecule has 0 radical (unpaired) electrons. The van der Waals surface area contributed by atoms with Crippen LogP contribution in [0.1, 0.15) is 39.7 Å². The Morgan fingerprint density at radius 2 is 1.68 bits per heavy atom. The second kappa shape index (κ2) is 10.8. The number of aryl methyl sites for hydroxylation is 1. The molecule has 4 heteroatoms. The first kappa shape index (κ1) is 20.2. The Labute approximate surface area is 154 Å². The van der Waals surface area contributed by atoms with Crippen molar-refractivity contribution in [2.24, 2.45) is 0 Å². The van der Waals surface area contributed by atoms with Gasteiger partial charge in [0.1, 0.15) is 12.4 Å². The average molecular weight is 349 g/mol. The third kappa shape index (κ3) is 7.35. The molecule has 0 N–H and O–H groups in total. The zero-order chi connectivity index (χ0) is 18.1. The fourth-order valence-electron chi connectivity index (χ4n) is 3.47. The first-order chi connectivity index (χ1) is 12.1. The Balaban J connectivity index is 1.66. The monoisotopic (exact) mass is 348 g/mol. The summed E-state index contributed by atoms with van der Waals surface area (Å²) in [5, 5.41) is 0. The maximum absolute atomic E-state index is 5.93. The number of benzene rings is 1. The molecule has 0 aromatic heterocycles. The topological polar surface area (TPSA) is 24.9 Å². The summed E-state index contributed by atoms with van der Waals surface area (Å²) in [6.45, 7) is 15.8. The van der Waals surface area contributed by atoms with Gasteiger partial charge in [-0.05, 0) is 64.8 Å². The minimum atomic E-state index is 0.553. The highest BCUT2D eigenvalue weighted by Crippen LogP contribution is 2.14. The lowest BCUT2D eigenvalue weighted by molar-refractivity contribution is 0.0374. The van der Waals surface area contributed by atoms with Crippen molar-refractivity contribution in [1.29, 1.82) is 0 Å². The van der Waals surface area contributed by atoms with Crippen molar-refractivity contribution in [2.45, 2.75) is 52.6 Å². The number of morpholine rings is 1. The van der Waals surface area contributed by atoms with E-state index in [1.807, 2.05) is 0 Å². The highest BCUT2D eigenvalue weighted by atomic mass is 16.5. The quantitative estimate of drug-likeness (QED) is 0.647. The van der Waals surface area contributed by atoms with E-state index in [1.165, 1.54) is 18.5 Å². The van der Waals surface area contributed by atoms with Gasteiger partial charge in [0.05, 0.1) is 13.2 Å². The summed E-state index contributed by atoms with van der Waals surface area (Å²) in [5.74, 6) is 0.976. The fraction of sp³-hybridized carbons (Fsp3) is 0.714. The summed E-state index contributed by atoms with van der Waals surface area (Å²) in [6, 6.07) is 9.74. The SMILES string of the molecule is CC(C)N(CCOc1ccc(CCCN2CCOCC2)cc1)C(C)C. The lowest BCUT2D eigenvalue weighted by Crippen LogP contribution is -2.39. The van der Waals surface area contributed by atoms with Gasteiger partial charge in [-0.25, -0.2) is 0 Å². The Morgan fingerprint density at radius 1 is 1.04 bits per heavy atom. The maximum atomic E-state index is 5.93. The molecular weight excluding hydrogens is 312 g/mol. The van der Waals surface area contributed by atoms with Crippen LogP contribution in [0.4, 0.5) is 0 Å². The Kier molecular flexibility index (Phi) is 8.73. The van der Waals surface area contributed by atoms with Gasteiger partial charge >= 0.3 is 0 Å². The first-order valence-corrected chi connectivity index (χ1v) is 9.84. The van der Waals surface area contributed by atoms with Crippen molar-refractivity contribution in [3.8, 4) is 5.75 Å². The van der Waals surface area contributed by atoms with E-state index in [0.717, 1.165) is 51.6 Å². The molecule has 1 aliphatic rings. The molecule has 142 valence electrons. The van der Waals surface area contributed by atoms with Gasteiger partial charge < -0.3 is 9.47 Å². The van der Waals surface area contributed by atoms with Crippen molar-refractivity contribution in [3.05, 3.63) is 29.8 Å². The summed E-state index contributed by atoms with van der Waals surface area (Å²) in [5.41, 5.74) is 1.39. The molecule has 0 bridgehead atoms. The zero-order valence-electron chi connectivity index (χ0n) is 16.5. The molecule has 1 aromatic carbocycles. The maximum Gasteiger partial charge on any atom is 0.119 e. The Bertz CT molecular complexity index is 459.